The van der Waals surface area contributed by atoms with Crippen molar-refractivity contribution in [1.29, 1.82) is 0 Å². The molecule has 1 aromatic carbocycles. The Labute approximate surface area is 143 Å². The van der Waals surface area contributed by atoms with E-state index in [9.17, 15) is 4.79 Å². The Balaban J connectivity index is 1.62. The fourth-order valence-corrected chi connectivity index (χ4v) is 3.41. The molecule has 24 heavy (non-hydrogen) atoms. The number of likely N-dealkylation sites (tertiary alicyclic amines) is 1. The summed E-state index contributed by atoms with van der Waals surface area (Å²) in [4.78, 5) is 15.0. The summed E-state index contributed by atoms with van der Waals surface area (Å²) in [7, 11) is 0. The number of aryl methyl sites for hydroxylation is 2. The molecule has 1 fully saturated rings. The summed E-state index contributed by atoms with van der Waals surface area (Å²) in [6.07, 6.45) is 1.66. The summed E-state index contributed by atoms with van der Waals surface area (Å²) in [5.74, 6) is 0.529. The van der Waals surface area contributed by atoms with E-state index in [0.29, 0.717) is 23.8 Å². The molecule has 128 valence electrons. The van der Waals surface area contributed by atoms with Crippen LogP contribution in [0, 0.1) is 6.92 Å². The second-order valence-electron chi connectivity index (χ2n) is 6.45. The molecule has 1 saturated heterocycles. The van der Waals surface area contributed by atoms with Crippen LogP contribution in [-0.2, 0) is 6.42 Å². The zero-order valence-electron chi connectivity index (χ0n) is 14.6. The van der Waals surface area contributed by atoms with E-state index < -0.39 is 0 Å². The molecule has 0 bridgehead atoms. The van der Waals surface area contributed by atoms with Crippen molar-refractivity contribution < 1.29 is 9.32 Å². The topological polar surface area (TPSA) is 58.4 Å². The SMILES string of the molecule is CCc1noc(C)c1C(=O)NC1CCN(C(C)c2ccccc2)C1. The maximum Gasteiger partial charge on any atom is 0.257 e. The zero-order chi connectivity index (χ0) is 17.1. The normalized spacial score (nSPS) is 19.4. The lowest BCUT2D eigenvalue weighted by Gasteiger charge is -2.24. The molecule has 5 heteroatoms. The van der Waals surface area contributed by atoms with Gasteiger partial charge in [0.05, 0.1) is 5.69 Å². The van der Waals surface area contributed by atoms with Crippen molar-refractivity contribution in [2.24, 2.45) is 0 Å². The Bertz CT molecular complexity index is 696. The van der Waals surface area contributed by atoms with Crippen LogP contribution in [0.5, 0.6) is 0 Å². The number of carbonyl (C=O) groups is 1. The van der Waals surface area contributed by atoms with E-state index in [1.54, 1.807) is 6.92 Å². The quantitative estimate of drug-likeness (QED) is 0.917. The van der Waals surface area contributed by atoms with E-state index in [2.05, 4.69) is 46.6 Å². The molecule has 1 aliphatic rings. The van der Waals surface area contributed by atoms with Crippen molar-refractivity contribution in [2.45, 2.75) is 45.7 Å². The fraction of sp³-hybridized carbons (Fsp3) is 0.474. The number of aromatic nitrogens is 1. The molecule has 0 aliphatic carbocycles. The summed E-state index contributed by atoms with van der Waals surface area (Å²) in [5, 5.41) is 7.12. The third kappa shape index (κ3) is 3.36. The molecule has 5 nitrogen and oxygen atoms in total. The maximum absolute atomic E-state index is 12.6. The predicted molar refractivity (Wildman–Crippen MR) is 92.9 cm³/mol. The maximum atomic E-state index is 12.6. The van der Waals surface area contributed by atoms with E-state index in [-0.39, 0.29) is 11.9 Å². The minimum absolute atomic E-state index is 0.0650. The molecule has 1 N–H and O–H groups in total. The summed E-state index contributed by atoms with van der Waals surface area (Å²) >= 11 is 0. The van der Waals surface area contributed by atoms with Gasteiger partial charge in [-0.05, 0) is 32.3 Å². The highest BCUT2D eigenvalue weighted by Gasteiger charge is 2.29. The number of carbonyl (C=O) groups excluding carboxylic acids is 1. The standard InChI is InChI=1S/C19H25N3O2/c1-4-17-18(14(3)24-21-17)19(23)20-16-10-11-22(12-16)13(2)15-8-6-5-7-9-15/h5-9,13,16H,4,10-12H2,1-3H3,(H,20,23). The van der Waals surface area contributed by atoms with Crippen molar-refractivity contribution in [3.8, 4) is 0 Å². The van der Waals surface area contributed by atoms with E-state index in [1.165, 1.54) is 5.56 Å². The molecule has 1 amide bonds. The largest absolute Gasteiger partial charge is 0.361 e. The average Bonchev–Trinajstić information content (AvgIpc) is 3.21. The van der Waals surface area contributed by atoms with Crippen LogP contribution in [0.2, 0.25) is 0 Å². The van der Waals surface area contributed by atoms with Crippen molar-refractivity contribution >= 4 is 5.91 Å². The molecule has 0 radical (unpaired) electrons. The highest BCUT2D eigenvalue weighted by Crippen LogP contribution is 2.25. The van der Waals surface area contributed by atoms with E-state index >= 15 is 0 Å². The summed E-state index contributed by atoms with van der Waals surface area (Å²) < 4.78 is 5.17. The Morgan fingerprint density at radius 1 is 1.42 bits per heavy atom. The highest BCUT2D eigenvalue weighted by atomic mass is 16.5. The van der Waals surface area contributed by atoms with Crippen LogP contribution in [-0.4, -0.2) is 35.1 Å². The lowest BCUT2D eigenvalue weighted by atomic mass is 10.1. The van der Waals surface area contributed by atoms with E-state index in [1.807, 2.05) is 13.0 Å². The molecule has 2 atom stereocenters. The van der Waals surface area contributed by atoms with E-state index in [0.717, 1.165) is 25.2 Å². The van der Waals surface area contributed by atoms with Gasteiger partial charge in [-0.3, -0.25) is 9.69 Å². The van der Waals surface area contributed by atoms with Gasteiger partial charge in [-0.25, -0.2) is 0 Å². The van der Waals surface area contributed by atoms with Gasteiger partial charge in [0, 0.05) is 25.2 Å². The van der Waals surface area contributed by atoms with Crippen LogP contribution in [0.25, 0.3) is 0 Å². The second kappa shape index (κ2) is 7.18. The lowest BCUT2D eigenvalue weighted by molar-refractivity contribution is 0.0934. The van der Waals surface area contributed by atoms with E-state index in [4.69, 9.17) is 4.52 Å². The molecule has 1 aromatic heterocycles. The van der Waals surface area contributed by atoms with Gasteiger partial charge in [0.2, 0.25) is 0 Å². The molecule has 2 unspecified atom stereocenters. The Kier molecular flexibility index (Phi) is 5.00. The first-order chi connectivity index (χ1) is 11.6. The molecule has 1 aliphatic heterocycles. The van der Waals surface area contributed by atoms with Crippen LogP contribution in [0.1, 0.15) is 53.7 Å². The molecular formula is C19H25N3O2. The van der Waals surface area contributed by atoms with Crippen molar-refractivity contribution in [3.63, 3.8) is 0 Å². The number of hydrogen-bond donors (Lipinski definition) is 1. The number of amides is 1. The van der Waals surface area contributed by atoms with Gasteiger partial charge in [-0.2, -0.15) is 0 Å². The first-order valence-electron chi connectivity index (χ1n) is 8.65. The van der Waals surface area contributed by atoms with Gasteiger partial charge >= 0.3 is 0 Å². The molecular weight excluding hydrogens is 302 g/mol. The third-order valence-electron chi connectivity index (χ3n) is 4.88. The van der Waals surface area contributed by atoms with Gasteiger partial charge in [-0.1, -0.05) is 42.4 Å². The molecule has 2 aromatic rings. The van der Waals surface area contributed by atoms with Crippen LogP contribution < -0.4 is 5.32 Å². The van der Waals surface area contributed by atoms with Crippen molar-refractivity contribution in [2.75, 3.05) is 13.1 Å². The average molecular weight is 327 g/mol. The van der Waals surface area contributed by atoms with Crippen LogP contribution in [0.3, 0.4) is 0 Å². The van der Waals surface area contributed by atoms with Gasteiger partial charge in [0.1, 0.15) is 11.3 Å². The zero-order valence-corrected chi connectivity index (χ0v) is 14.6. The number of hydrogen-bond acceptors (Lipinski definition) is 4. The Morgan fingerprint density at radius 3 is 2.88 bits per heavy atom. The first-order valence-corrected chi connectivity index (χ1v) is 8.65. The molecule has 0 saturated carbocycles. The lowest BCUT2D eigenvalue weighted by Crippen LogP contribution is -2.38. The van der Waals surface area contributed by atoms with Gasteiger partial charge < -0.3 is 9.84 Å². The second-order valence-corrected chi connectivity index (χ2v) is 6.45. The summed E-state index contributed by atoms with van der Waals surface area (Å²) in [6.45, 7) is 7.85. The molecule has 0 spiro atoms. The smallest absolute Gasteiger partial charge is 0.257 e. The van der Waals surface area contributed by atoms with Crippen LogP contribution >= 0.6 is 0 Å². The number of benzene rings is 1. The van der Waals surface area contributed by atoms with Gasteiger partial charge in [0.25, 0.3) is 5.91 Å². The van der Waals surface area contributed by atoms with Crippen LogP contribution in [0.15, 0.2) is 34.9 Å². The minimum atomic E-state index is -0.0650. The fourth-order valence-electron chi connectivity index (χ4n) is 3.41. The number of nitrogens with one attached hydrogen (secondary N) is 1. The summed E-state index contributed by atoms with van der Waals surface area (Å²) in [6, 6.07) is 11.0. The van der Waals surface area contributed by atoms with Crippen LogP contribution in [0.4, 0.5) is 0 Å². The number of nitrogens with zero attached hydrogens (tertiary/aromatic N) is 2. The van der Waals surface area contributed by atoms with Crippen molar-refractivity contribution in [1.82, 2.24) is 15.4 Å². The third-order valence-corrected chi connectivity index (χ3v) is 4.88. The summed E-state index contributed by atoms with van der Waals surface area (Å²) in [5.41, 5.74) is 2.65. The van der Waals surface area contributed by atoms with Gasteiger partial charge in [0.15, 0.2) is 0 Å². The molecule has 2 heterocycles. The number of rotatable bonds is 5. The predicted octanol–water partition coefficient (Wildman–Crippen LogP) is 3.11. The van der Waals surface area contributed by atoms with Crippen molar-refractivity contribution in [3.05, 3.63) is 52.9 Å². The minimum Gasteiger partial charge on any atom is -0.361 e. The Hall–Kier alpha value is -2.14. The first kappa shape index (κ1) is 16.7. The Morgan fingerprint density at radius 2 is 2.17 bits per heavy atom. The van der Waals surface area contributed by atoms with Gasteiger partial charge in [-0.15, -0.1) is 0 Å². The highest BCUT2D eigenvalue weighted by molar-refractivity contribution is 5.96. The molecule has 3 rings (SSSR count). The monoisotopic (exact) mass is 327 g/mol.